The summed E-state index contributed by atoms with van der Waals surface area (Å²) in [5.41, 5.74) is 1.51. The van der Waals surface area contributed by atoms with Crippen LogP contribution in [0.4, 0.5) is 0 Å². The average molecular weight is 396 g/mol. The van der Waals surface area contributed by atoms with Crippen molar-refractivity contribution < 1.29 is 33.3 Å². The molecule has 0 radical (unpaired) electrons. The Balaban J connectivity index is 1.71. The van der Waals surface area contributed by atoms with E-state index in [1.54, 1.807) is 62.4 Å². The number of carbonyl (C=O) groups excluding carboxylic acids is 3. The van der Waals surface area contributed by atoms with Gasteiger partial charge in [-0.2, -0.15) is 0 Å². The Bertz CT molecular complexity index is 971. The molecule has 2 aromatic rings. The lowest BCUT2D eigenvalue weighted by Gasteiger charge is -2.09. The van der Waals surface area contributed by atoms with Crippen LogP contribution in [0.25, 0.3) is 6.08 Å². The first-order chi connectivity index (χ1) is 13.9. The van der Waals surface area contributed by atoms with Gasteiger partial charge in [0.1, 0.15) is 11.5 Å². The van der Waals surface area contributed by atoms with E-state index in [1.165, 1.54) is 7.11 Å². The third-order valence-corrected chi connectivity index (χ3v) is 3.99. The van der Waals surface area contributed by atoms with Crippen LogP contribution in [0.1, 0.15) is 40.1 Å². The lowest BCUT2D eigenvalue weighted by Crippen LogP contribution is -2.18. The van der Waals surface area contributed by atoms with Gasteiger partial charge in [-0.1, -0.05) is 12.1 Å². The van der Waals surface area contributed by atoms with Gasteiger partial charge in [-0.25, -0.2) is 9.59 Å². The molecule has 0 N–H and O–H groups in total. The van der Waals surface area contributed by atoms with Crippen molar-refractivity contribution in [1.29, 1.82) is 0 Å². The third-order valence-electron chi connectivity index (χ3n) is 3.99. The molecule has 2 aromatic carbocycles. The van der Waals surface area contributed by atoms with Crippen LogP contribution in [-0.2, 0) is 14.3 Å². The number of carbonyl (C=O) groups is 3. The Hall–Kier alpha value is -3.61. The maximum atomic E-state index is 12.5. The predicted octanol–water partition coefficient (Wildman–Crippen LogP) is 3.42. The van der Waals surface area contributed by atoms with E-state index >= 15 is 0 Å². The minimum atomic E-state index is -0.478. The molecule has 0 spiro atoms. The van der Waals surface area contributed by atoms with E-state index in [0.29, 0.717) is 28.2 Å². The molecule has 0 bridgehead atoms. The molecular weight excluding hydrogens is 376 g/mol. The number of allylic oxidation sites excluding steroid dienone is 1. The number of esters is 2. The second-order valence-electron chi connectivity index (χ2n) is 6.54. The molecule has 7 heteroatoms. The normalized spacial score (nSPS) is 13.8. The molecule has 1 heterocycles. The van der Waals surface area contributed by atoms with Crippen molar-refractivity contribution in [1.82, 2.24) is 0 Å². The molecule has 0 atom stereocenters. The van der Waals surface area contributed by atoms with Gasteiger partial charge < -0.3 is 18.9 Å². The van der Waals surface area contributed by atoms with E-state index < -0.39 is 11.9 Å². The predicted molar refractivity (Wildman–Crippen MR) is 104 cm³/mol. The van der Waals surface area contributed by atoms with Gasteiger partial charge in [-0.05, 0) is 49.8 Å². The van der Waals surface area contributed by atoms with Gasteiger partial charge >= 0.3 is 11.9 Å². The van der Waals surface area contributed by atoms with Gasteiger partial charge in [0.15, 0.2) is 12.4 Å². The summed E-state index contributed by atoms with van der Waals surface area (Å²) in [6.45, 7) is 3.27. The van der Waals surface area contributed by atoms with Crippen LogP contribution in [0, 0.1) is 0 Å². The topological polar surface area (TPSA) is 88.1 Å². The first-order valence-corrected chi connectivity index (χ1v) is 8.96. The second-order valence-corrected chi connectivity index (χ2v) is 6.54. The van der Waals surface area contributed by atoms with Gasteiger partial charge in [0, 0.05) is 6.07 Å². The van der Waals surface area contributed by atoms with Crippen LogP contribution < -0.4 is 9.47 Å². The van der Waals surface area contributed by atoms with Gasteiger partial charge in [-0.3, -0.25) is 4.79 Å². The van der Waals surface area contributed by atoms with Crippen LogP contribution >= 0.6 is 0 Å². The molecule has 0 aromatic heterocycles. The lowest BCUT2D eigenvalue weighted by atomic mass is 10.1. The highest BCUT2D eigenvalue weighted by Gasteiger charge is 2.27. The fraction of sp³-hybridized carbons (Fsp3) is 0.227. The summed E-state index contributed by atoms with van der Waals surface area (Å²) in [5, 5.41) is 0. The largest absolute Gasteiger partial charge is 0.482 e. The zero-order chi connectivity index (χ0) is 21.0. The van der Waals surface area contributed by atoms with Crippen LogP contribution in [0.3, 0.4) is 0 Å². The SMILES string of the molecule is COC(=O)c1ccc(/C=C2\Oc3cc(OCC(=O)OC(C)C)ccc3C2=O)cc1. The number of methoxy groups -OCH3 is 1. The smallest absolute Gasteiger partial charge is 0.344 e. The van der Waals surface area contributed by atoms with E-state index in [0.717, 1.165) is 0 Å². The summed E-state index contributed by atoms with van der Waals surface area (Å²) in [5.74, 6) is -0.281. The molecule has 0 amide bonds. The number of hydrogen-bond donors (Lipinski definition) is 0. The highest BCUT2D eigenvalue weighted by Crippen LogP contribution is 2.34. The van der Waals surface area contributed by atoms with Crippen molar-refractivity contribution >= 4 is 23.8 Å². The summed E-state index contributed by atoms with van der Waals surface area (Å²) < 4.78 is 20.7. The molecule has 3 rings (SSSR count). The maximum Gasteiger partial charge on any atom is 0.344 e. The first-order valence-electron chi connectivity index (χ1n) is 8.96. The fourth-order valence-electron chi connectivity index (χ4n) is 2.68. The summed E-state index contributed by atoms with van der Waals surface area (Å²) in [6, 6.07) is 11.3. The van der Waals surface area contributed by atoms with Gasteiger partial charge in [0.2, 0.25) is 5.78 Å². The first kappa shape index (κ1) is 20.1. The molecule has 150 valence electrons. The number of benzene rings is 2. The van der Waals surface area contributed by atoms with Crippen molar-refractivity contribution in [2.75, 3.05) is 13.7 Å². The lowest BCUT2D eigenvalue weighted by molar-refractivity contribution is -0.149. The van der Waals surface area contributed by atoms with Crippen LogP contribution in [0.15, 0.2) is 48.2 Å². The highest BCUT2D eigenvalue weighted by molar-refractivity contribution is 6.14. The van der Waals surface area contributed by atoms with Gasteiger partial charge in [0.25, 0.3) is 0 Å². The van der Waals surface area contributed by atoms with Gasteiger partial charge in [0.05, 0.1) is 24.3 Å². The van der Waals surface area contributed by atoms with Crippen molar-refractivity contribution in [3.05, 3.63) is 64.9 Å². The summed E-state index contributed by atoms with van der Waals surface area (Å²) in [7, 11) is 1.31. The summed E-state index contributed by atoms with van der Waals surface area (Å²) in [4.78, 5) is 35.6. The number of Topliss-reactive ketones (excluding diaryl/α,β-unsaturated/α-hetero) is 1. The number of hydrogen-bond acceptors (Lipinski definition) is 7. The Morgan fingerprint density at radius 2 is 1.83 bits per heavy atom. The number of fused-ring (bicyclic) bond motifs is 1. The molecule has 0 saturated carbocycles. The van der Waals surface area contributed by atoms with Crippen molar-refractivity contribution in [3.63, 3.8) is 0 Å². The van der Waals surface area contributed by atoms with Crippen LogP contribution in [-0.4, -0.2) is 37.5 Å². The minimum absolute atomic E-state index is 0.155. The quantitative estimate of drug-likeness (QED) is 0.546. The van der Waals surface area contributed by atoms with E-state index in [2.05, 4.69) is 4.74 Å². The van der Waals surface area contributed by atoms with E-state index in [9.17, 15) is 14.4 Å². The molecule has 0 aliphatic carbocycles. The van der Waals surface area contributed by atoms with Crippen LogP contribution in [0.5, 0.6) is 11.5 Å². The molecule has 0 fully saturated rings. The van der Waals surface area contributed by atoms with E-state index in [1.807, 2.05) is 0 Å². The molecule has 1 aliphatic heterocycles. The van der Waals surface area contributed by atoms with Crippen molar-refractivity contribution in [3.8, 4) is 11.5 Å². The summed E-state index contributed by atoms with van der Waals surface area (Å²) >= 11 is 0. The third kappa shape index (κ3) is 4.82. The number of ketones is 1. The standard InChI is InChI=1S/C22H20O7/c1-13(2)28-20(23)12-27-16-8-9-17-18(11-16)29-19(21(17)24)10-14-4-6-15(7-5-14)22(25)26-3/h4-11,13H,12H2,1-3H3/b19-10-. The number of ether oxygens (including phenoxy) is 4. The Labute approximate surface area is 167 Å². The van der Waals surface area contributed by atoms with E-state index in [4.69, 9.17) is 14.2 Å². The highest BCUT2D eigenvalue weighted by atomic mass is 16.6. The Morgan fingerprint density at radius 1 is 1.10 bits per heavy atom. The zero-order valence-electron chi connectivity index (χ0n) is 16.3. The van der Waals surface area contributed by atoms with Crippen molar-refractivity contribution in [2.24, 2.45) is 0 Å². The van der Waals surface area contributed by atoms with Crippen LogP contribution in [0.2, 0.25) is 0 Å². The summed E-state index contributed by atoms with van der Waals surface area (Å²) in [6.07, 6.45) is 1.37. The minimum Gasteiger partial charge on any atom is -0.482 e. The maximum absolute atomic E-state index is 12.5. The van der Waals surface area contributed by atoms with Crippen molar-refractivity contribution in [2.45, 2.75) is 20.0 Å². The molecule has 1 aliphatic rings. The Kier molecular flexibility index (Phi) is 5.97. The molecular formula is C22H20O7. The van der Waals surface area contributed by atoms with E-state index in [-0.39, 0.29) is 24.3 Å². The molecule has 29 heavy (non-hydrogen) atoms. The zero-order valence-corrected chi connectivity index (χ0v) is 16.3. The second kappa shape index (κ2) is 8.60. The average Bonchev–Trinajstić information content (AvgIpc) is 3.00. The van der Waals surface area contributed by atoms with Gasteiger partial charge in [-0.15, -0.1) is 0 Å². The monoisotopic (exact) mass is 396 g/mol. The fourth-order valence-corrected chi connectivity index (χ4v) is 2.68. The number of rotatable bonds is 6. The molecule has 0 unspecified atom stereocenters. The molecule has 7 nitrogen and oxygen atoms in total. The molecule has 0 saturated heterocycles. The Morgan fingerprint density at radius 3 is 2.48 bits per heavy atom.